The van der Waals surface area contributed by atoms with Crippen molar-refractivity contribution in [1.82, 2.24) is 0 Å². The SMILES string of the molecule is O=C(CCc1ccc(F)cc1)Nc1cc(C(F)(F)F)ccc1I. The van der Waals surface area contributed by atoms with Crippen LogP contribution in [0.25, 0.3) is 0 Å². The van der Waals surface area contributed by atoms with Crippen LogP contribution in [0.3, 0.4) is 0 Å². The van der Waals surface area contributed by atoms with E-state index in [-0.39, 0.29) is 17.9 Å². The van der Waals surface area contributed by atoms with Crippen LogP contribution in [0.4, 0.5) is 23.2 Å². The monoisotopic (exact) mass is 437 g/mol. The van der Waals surface area contributed by atoms with E-state index in [1.165, 1.54) is 18.2 Å². The van der Waals surface area contributed by atoms with Gasteiger partial charge in [0.15, 0.2) is 0 Å². The third-order valence-corrected chi connectivity index (χ3v) is 4.06. The van der Waals surface area contributed by atoms with E-state index in [0.717, 1.165) is 17.7 Å². The van der Waals surface area contributed by atoms with E-state index < -0.39 is 17.6 Å². The van der Waals surface area contributed by atoms with Crippen LogP contribution in [-0.2, 0) is 17.4 Å². The number of amides is 1. The smallest absolute Gasteiger partial charge is 0.325 e. The standard InChI is InChI=1S/C16H12F4INO/c17-12-5-1-10(2-6-12)3-8-15(23)22-14-9-11(16(18,19)20)4-7-13(14)21/h1-2,4-7,9H,3,8H2,(H,22,23). The molecule has 0 unspecified atom stereocenters. The van der Waals surface area contributed by atoms with Gasteiger partial charge in [0.05, 0.1) is 11.3 Å². The molecule has 2 aromatic carbocycles. The molecule has 0 aliphatic heterocycles. The highest BCUT2D eigenvalue weighted by Crippen LogP contribution is 2.32. The van der Waals surface area contributed by atoms with Gasteiger partial charge in [-0.15, -0.1) is 0 Å². The highest BCUT2D eigenvalue weighted by molar-refractivity contribution is 14.1. The van der Waals surface area contributed by atoms with E-state index in [0.29, 0.717) is 9.99 Å². The normalized spacial score (nSPS) is 11.3. The molecule has 7 heteroatoms. The zero-order chi connectivity index (χ0) is 17.0. The Morgan fingerprint density at radius 2 is 1.74 bits per heavy atom. The first-order valence-electron chi connectivity index (χ1n) is 6.67. The fraction of sp³-hybridized carbons (Fsp3) is 0.188. The zero-order valence-corrected chi connectivity index (χ0v) is 13.9. The minimum atomic E-state index is -4.46. The van der Waals surface area contributed by atoms with Gasteiger partial charge in [-0.1, -0.05) is 12.1 Å². The summed E-state index contributed by atoms with van der Waals surface area (Å²) in [5.74, 6) is -0.761. The molecule has 2 rings (SSSR count). The van der Waals surface area contributed by atoms with E-state index >= 15 is 0 Å². The second-order valence-electron chi connectivity index (χ2n) is 4.87. The second kappa shape index (κ2) is 7.29. The highest BCUT2D eigenvalue weighted by Gasteiger charge is 2.31. The zero-order valence-electron chi connectivity index (χ0n) is 11.8. The number of nitrogens with one attached hydrogen (secondary N) is 1. The average molecular weight is 437 g/mol. The Morgan fingerprint density at radius 3 is 2.35 bits per heavy atom. The molecule has 0 atom stereocenters. The van der Waals surface area contributed by atoms with Crippen molar-refractivity contribution in [2.75, 3.05) is 5.32 Å². The van der Waals surface area contributed by atoms with Crippen LogP contribution >= 0.6 is 22.6 Å². The Morgan fingerprint density at radius 1 is 1.09 bits per heavy atom. The maximum absolute atomic E-state index is 12.8. The minimum Gasteiger partial charge on any atom is -0.325 e. The lowest BCUT2D eigenvalue weighted by atomic mass is 10.1. The average Bonchev–Trinajstić information content (AvgIpc) is 2.48. The first kappa shape index (κ1) is 17.7. The molecule has 0 spiro atoms. The van der Waals surface area contributed by atoms with Gasteiger partial charge in [0.1, 0.15) is 5.82 Å². The summed E-state index contributed by atoms with van der Waals surface area (Å²) in [6, 6.07) is 8.91. The molecule has 23 heavy (non-hydrogen) atoms. The number of anilines is 1. The van der Waals surface area contributed by atoms with Gasteiger partial charge in [-0.25, -0.2) is 4.39 Å². The molecule has 0 saturated carbocycles. The number of hydrogen-bond acceptors (Lipinski definition) is 1. The van der Waals surface area contributed by atoms with E-state index in [2.05, 4.69) is 5.32 Å². The Hall–Kier alpha value is -1.64. The summed E-state index contributed by atoms with van der Waals surface area (Å²) in [7, 11) is 0. The molecule has 2 aromatic rings. The summed E-state index contributed by atoms with van der Waals surface area (Å²) in [5.41, 5.74) is 0.0940. The summed E-state index contributed by atoms with van der Waals surface area (Å²) in [5, 5.41) is 2.48. The molecule has 0 saturated heterocycles. The lowest BCUT2D eigenvalue weighted by Gasteiger charge is -2.12. The lowest BCUT2D eigenvalue weighted by molar-refractivity contribution is -0.137. The summed E-state index contributed by atoms with van der Waals surface area (Å²) < 4.78 is 51.4. The molecule has 0 heterocycles. The number of aryl methyl sites for hydroxylation is 1. The molecule has 2 nitrogen and oxygen atoms in total. The van der Waals surface area contributed by atoms with Gasteiger partial charge in [0.25, 0.3) is 0 Å². The van der Waals surface area contributed by atoms with Crippen molar-refractivity contribution in [2.45, 2.75) is 19.0 Å². The molecule has 0 aromatic heterocycles. The van der Waals surface area contributed by atoms with Crippen LogP contribution in [-0.4, -0.2) is 5.91 Å². The molecule has 0 aliphatic rings. The summed E-state index contributed by atoms with van der Waals surface area (Å²) in [6.45, 7) is 0. The van der Waals surface area contributed by atoms with E-state index in [1.807, 2.05) is 22.6 Å². The fourth-order valence-corrected chi connectivity index (χ4v) is 2.39. The van der Waals surface area contributed by atoms with Gasteiger partial charge in [-0.2, -0.15) is 13.2 Å². The van der Waals surface area contributed by atoms with E-state index in [4.69, 9.17) is 0 Å². The Labute approximate surface area is 144 Å². The molecule has 0 bridgehead atoms. The number of benzene rings is 2. The topological polar surface area (TPSA) is 29.1 Å². The van der Waals surface area contributed by atoms with Crippen molar-refractivity contribution in [1.29, 1.82) is 0 Å². The number of carbonyl (C=O) groups is 1. The Kier molecular flexibility index (Phi) is 5.61. The molecular formula is C16H12F4INO. The molecule has 0 fully saturated rings. The molecule has 1 amide bonds. The van der Waals surface area contributed by atoms with Crippen LogP contribution in [0, 0.1) is 9.39 Å². The quantitative estimate of drug-likeness (QED) is 0.529. The van der Waals surface area contributed by atoms with Crippen molar-refractivity contribution in [3.63, 3.8) is 0 Å². The number of rotatable bonds is 4. The third kappa shape index (κ3) is 5.19. The Bertz CT molecular complexity index is 698. The van der Waals surface area contributed by atoms with E-state index in [1.54, 1.807) is 12.1 Å². The van der Waals surface area contributed by atoms with Gasteiger partial charge in [-0.05, 0) is 64.9 Å². The van der Waals surface area contributed by atoms with Crippen molar-refractivity contribution < 1.29 is 22.4 Å². The minimum absolute atomic E-state index is 0.0952. The molecule has 1 N–H and O–H groups in total. The van der Waals surface area contributed by atoms with Crippen LogP contribution in [0.15, 0.2) is 42.5 Å². The number of hydrogen-bond donors (Lipinski definition) is 1. The van der Waals surface area contributed by atoms with Crippen molar-refractivity contribution >= 4 is 34.2 Å². The van der Waals surface area contributed by atoms with Crippen LogP contribution in [0.1, 0.15) is 17.5 Å². The molecule has 0 radical (unpaired) electrons. The first-order valence-corrected chi connectivity index (χ1v) is 7.74. The molecular weight excluding hydrogens is 425 g/mol. The van der Waals surface area contributed by atoms with Crippen LogP contribution < -0.4 is 5.32 Å². The summed E-state index contributed by atoms with van der Waals surface area (Å²) in [4.78, 5) is 11.9. The maximum Gasteiger partial charge on any atom is 0.416 e. The highest BCUT2D eigenvalue weighted by atomic mass is 127. The summed E-state index contributed by atoms with van der Waals surface area (Å²) in [6.07, 6.45) is -3.99. The number of halogens is 5. The number of carbonyl (C=O) groups excluding carboxylic acids is 1. The van der Waals surface area contributed by atoms with E-state index in [9.17, 15) is 22.4 Å². The summed E-state index contributed by atoms with van der Waals surface area (Å²) >= 11 is 1.86. The fourth-order valence-electron chi connectivity index (χ4n) is 1.92. The van der Waals surface area contributed by atoms with Crippen molar-refractivity contribution in [3.8, 4) is 0 Å². The van der Waals surface area contributed by atoms with Crippen LogP contribution in [0.5, 0.6) is 0 Å². The van der Waals surface area contributed by atoms with Gasteiger partial charge in [0, 0.05) is 9.99 Å². The van der Waals surface area contributed by atoms with Gasteiger partial charge >= 0.3 is 6.18 Å². The maximum atomic E-state index is 12.8. The lowest BCUT2D eigenvalue weighted by Crippen LogP contribution is -2.14. The van der Waals surface area contributed by atoms with Crippen molar-refractivity contribution in [2.24, 2.45) is 0 Å². The Balaban J connectivity index is 2.01. The predicted molar refractivity (Wildman–Crippen MR) is 87.5 cm³/mol. The number of alkyl halides is 3. The van der Waals surface area contributed by atoms with Crippen LogP contribution in [0.2, 0.25) is 0 Å². The van der Waals surface area contributed by atoms with Gasteiger partial charge < -0.3 is 5.32 Å². The third-order valence-electron chi connectivity index (χ3n) is 3.12. The van der Waals surface area contributed by atoms with Gasteiger partial charge in [0.2, 0.25) is 5.91 Å². The first-order chi connectivity index (χ1) is 10.8. The van der Waals surface area contributed by atoms with Crippen molar-refractivity contribution in [3.05, 3.63) is 63.0 Å². The predicted octanol–water partition coefficient (Wildman–Crippen LogP) is 5.02. The molecule has 122 valence electrons. The van der Waals surface area contributed by atoms with Gasteiger partial charge in [-0.3, -0.25) is 4.79 Å². The second-order valence-corrected chi connectivity index (χ2v) is 6.03. The largest absolute Gasteiger partial charge is 0.416 e. The molecule has 0 aliphatic carbocycles.